The van der Waals surface area contributed by atoms with Gasteiger partial charge in [-0.2, -0.15) is 0 Å². The maximum Gasteiger partial charge on any atom is 0.254 e. The summed E-state index contributed by atoms with van der Waals surface area (Å²) in [6.45, 7) is 6.35. The summed E-state index contributed by atoms with van der Waals surface area (Å²) >= 11 is 3.37. The van der Waals surface area contributed by atoms with Crippen LogP contribution in [0.1, 0.15) is 34.3 Å². The van der Waals surface area contributed by atoms with Crippen molar-refractivity contribution in [3.05, 3.63) is 34.9 Å². The molecule has 0 saturated carbocycles. The van der Waals surface area contributed by atoms with Gasteiger partial charge >= 0.3 is 0 Å². The number of ether oxygens (including phenoxy) is 1. The Bertz CT molecular complexity index is 468. The lowest BCUT2D eigenvalue weighted by Gasteiger charge is -2.32. The summed E-state index contributed by atoms with van der Waals surface area (Å²) in [6.07, 6.45) is 2.17. The van der Waals surface area contributed by atoms with E-state index in [1.54, 1.807) is 0 Å². The van der Waals surface area contributed by atoms with Crippen molar-refractivity contribution in [3.63, 3.8) is 0 Å². The molecule has 0 unspecified atom stereocenters. The molecule has 1 heterocycles. The highest BCUT2D eigenvalue weighted by Gasteiger charge is 2.24. The van der Waals surface area contributed by atoms with Crippen LogP contribution in [0.15, 0.2) is 18.2 Å². The number of piperidine rings is 1. The smallest absolute Gasteiger partial charge is 0.254 e. The molecule has 1 aromatic rings. The third-order valence-corrected chi connectivity index (χ3v) is 4.11. The molecular formula is C16H22BrNO2. The van der Waals surface area contributed by atoms with Crippen molar-refractivity contribution >= 4 is 21.8 Å². The fourth-order valence-electron chi connectivity index (χ4n) is 2.57. The van der Waals surface area contributed by atoms with Crippen molar-refractivity contribution in [2.24, 2.45) is 0 Å². The number of halogens is 1. The van der Waals surface area contributed by atoms with Gasteiger partial charge in [-0.3, -0.25) is 4.79 Å². The maximum absolute atomic E-state index is 12.6. The molecule has 2 rings (SSSR count). The molecule has 0 radical (unpaired) electrons. The third-order valence-electron chi connectivity index (χ3n) is 3.78. The van der Waals surface area contributed by atoms with E-state index in [1.807, 2.05) is 36.9 Å². The van der Waals surface area contributed by atoms with Crippen LogP contribution in [0.4, 0.5) is 0 Å². The fraction of sp³-hybridized carbons (Fsp3) is 0.562. The highest BCUT2D eigenvalue weighted by Crippen LogP contribution is 2.19. The molecule has 1 saturated heterocycles. The number of likely N-dealkylation sites (tertiary alicyclic amines) is 1. The van der Waals surface area contributed by atoms with E-state index in [4.69, 9.17) is 4.74 Å². The van der Waals surface area contributed by atoms with Gasteiger partial charge in [0.1, 0.15) is 0 Å². The number of aryl methyl sites for hydroxylation is 2. The first-order chi connectivity index (χ1) is 9.61. The quantitative estimate of drug-likeness (QED) is 0.787. The molecule has 1 aliphatic heterocycles. The molecule has 110 valence electrons. The summed E-state index contributed by atoms with van der Waals surface area (Å²) < 4.78 is 5.72. The van der Waals surface area contributed by atoms with E-state index in [1.165, 1.54) is 0 Å². The molecular weight excluding hydrogens is 318 g/mol. The summed E-state index contributed by atoms with van der Waals surface area (Å²) in [5.41, 5.74) is 3.03. The fourth-order valence-corrected chi connectivity index (χ4v) is 2.76. The highest BCUT2D eigenvalue weighted by molar-refractivity contribution is 9.09. The molecule has 0 aromatic heterocycles. The molecule has 20 heavy (non-hydrogen) atoms. The average molecular weight is 340 g/mol. The van der Waals surface area contributed by atoms with Crippen LogP contribution >= 0.6 is 15.9 Å². The van der Waals surface area contributed by atoms with Crippen molar-refractivity contribution in [1.29, 1.82) is 0 Å². The van der Waals surface area contributed by atoms with Gasteiger partial charge in [0.05, 0.1) is 12.7 Å². The van der Waals surface area contributed by atoms with E-state index in [9.17, 15) is 4.79 Å². The standard InChI is InChI=1S/C16H22BrNO2/c1-12-3-4-13(2)15(11-12)16(19)18-8-5-14(6-9-18)20-10-7-17/h3-4,11,14H,5-10H2,1-2H3. The van der Waals surface area contributed by atoms with Gasteiger partial charge in [-0.05, 0) is 38.3 Å². The predicted octanol–water partition coefficient (Wildman–Crippen LogP) is 3.32. The van der Waals surface area contributed by atoms with Crippen molar-refractivity contribution < 1.29 is 9.53 Å². The van der Waals surface area contributed by atoms with E-state index >= 15 is 0 Å². The molecule has 0 bridgehead atoms. The zero-order chi connectivity index (χ0) is 14.5. The van der Waals surface area contributed by atoms with Gasteiger partial charge in [-0.15, -0.1) is 0 Å². The second kappa shape index (κ2) is 7.23. The zero-order valence-electron chi connectivity index (χ0n) is 12.2. The second-order valence-corrected chi connectivity index (χ2v) is 6.16. The molecule has 1 aliphatic rings. The largest absolute Gasteiger partial charge is 0.377 e. The van der Waals surface area contributed by atoms with Crippen LogP contribution in [0.2, 0.25) is 0 Å². The van der Waals surface area contributed by atoms with Crippen LogP contribution in [0.25, 0.3) is 0 Å². The van der Waals surface area contributed by atoms with Crippen molar-refractivity contribution in [2.45, 2.75) is 32.8 Å². The van der Waals surface area contributed by atoms with Crippen LogP contribution in [-0.4, -0.2) is 41.9 Å². The highest BCUT2D eigenvalue weighted by atomic mass is 79.9. The van der Waals surface area contributed by atoms with Gasteiger partial charge in [0.2, 0.25) is 0 Å². The monoisotopic (exact) mass is 339 g/mol. The molecule has 0 aliphatic carbocycles. The van der Waals surface area contributed by atoms with Crippen LogP contribution in [0, 0.1) is 13.8 Å². The van der Waals surface area contributed by atoms with Crippen LogP contribution in [0.3, 0.4) is 0 Å². The molecule has 3 nitrogen and oxygen atoms in total. The van der Waals surface area contributed by atoms with Gasteiger partial charge < -0.3 is 9.64 Å². The number of carbonyl (C=O) groups excluding carboxylic acids is 1. The van der Waals surface area contributed by atoms with Gasteiger partial charge in [-0.25, -0.2) is 0 Å². The summed E-state index contributed by atoms with van der Waals surface area (Å²) in [5.74, 6) is 0.158. The Hall–Kier alpha value is -0.870. The Morgan fingerprint density at radius 3 is 2.70 bits per heavy atom. The summed E-state index contributed by atoms with van der Waals surface area (Å²) in [6, 6.07) is 6.06. The maximum atomic E-state index is 12.6. The number of hydrogen-bond donors (Lipinski definition) is 0. The second-order valence-electron chi connectivity index (χ2n) is 5.37. The Kier molecular flexibility index (Phi) is 5.61. The molecule has 1 amide bonds. The minimum absolute atomic E-state index is 0.158. The Morgan fingerprint density at radius 2 is 2.05 bits per heavy atom. The first-order valence-electron chi connectivity index (χ1n) is 7.16. The van der Waals surface area contributed by atoms with Gasteiger partial charge in [0.15, 0.2) is 0 Å². The van der Waals surface area contributed by atoms with E-state index in [0.717, 1.165) is 54.6 Å². The molecule has 0 N–H and O–H groups in total. The topological polar surface area (TPSA) is 29.5 Å². The SMILES string of the molecule is Cc1ccc(C)c(C(=O)N2CCC(OCCBr)CC2)c1. The van der Waals surface area contributed by atoms with Crippen LogP contribution < -0.4 is 0 Å². The van der Waals surface area contributed by atoms with Gasteiger partial charge in [-0.1, -0.05) is 33.6 Å². The molecule has 0 spiro atoms. The Balaban J connectivity index is 1.96. The van der Waals surface area contributed by atoms with Gasteiger partial charge in [0, 0.05) is 24.0 Å². The Labute approximate surface area is 129 Å². The number of carbonyl (C=O) groups is 1. The number of nitrogens with zero attached hydrogens (tertiary/aromatic N) is 1. The van der Waals surface area contributed by atoms with Crippen LogP contribution in [-0.2, 0) is 4.74 Å². The zero-order valence-corrected chi connectivity index (χ0v) is 13.8. The van der Waals surface area contributed by atoms with E-state index in [0.29, 0.717) is 6.10 Å². The molecule has 1 fully saturated rings. The minimum atomic E-state index is 0.158. The lowest BCUT2D eigenvalue weighted by atomic mass is 10.0. The molecule has 4 heteroatoms. The summed E-state index contributed by atoms with van der Waals surface area (Å²) in [5, 5.41) is 0.870. The lowest BCUT2D eigenvalue weighted by Crippen LogP contribution is -2.41. The van der Waals surface area contributed by atoms with E-state index in [2.05, 4.69) is 15.9 Å². The Morgan fingerprint density at radius 1 is 1.35 bits per heavy atom. The summed E-state index contributed by atoms with van der Waals surface area (Å²) in [7, 11) is 0. The van der Waals surface area contributed by atoms with Crippen molar-refractivity contribution in [3.8, 4) is 0 Å². The molecule has 1 aromatic carbocycles. The van der Waals surface area contributed by atoms with E-state index in [-0.39, 0.29) is 5.91 Å². The lowest BCUT2D eigenvalue weighted by molar-refractivity contribution is 0.0160. The number of hydrogen-bond acceptors (Lipinski definition) is 2. The average Bonchev–Trinajstić information content (AvgIpc) is 2.47. The number of amides is 1. The summed E-state index contributed by atoms with van der Waals surface area (Å²) in [4.78, 5) is 14.5. The third kappa shape index (κ3) is 3.83. The van der Waals surface area contributed by atoms with Crippen LogP contribution in [0.5, 0.6) is 0 Å². The molecule has 0 atom stereocenters. The van der Waals surface area contributed by atoms with Crippen molar-refractivity contribution in [2.75, 3.05) is 25.0 Å². The van der Waals surface area contributed by atoms with Crippen molar-refractivity contribution in [1.82, 2.24) is 4.90 Å². The first kappa shape index (κ1) is 15.5. The first-order valence-corrected chi connectivity index (χ1v) is 8.28. The number of alkyl halides is 1. The van der Waals surface area contributed by atoms with Gasteiger partial charge in [0.25, 0.3) is 5.91 Å². The normalized spacial score (nSPS) is 16.4. The number of benzene rings is 1. The minimum Gasteiger partial charge on any atom is -0.377 e. The predicted molar refractivity (Wildman–Crippen MR) is 84.6 cm³/mol. The van der Waals surface area contributed by atoms with E-state index < -0.39 is 0 Å². The number of rotatable bonds is 4.